The minimum Gasteiger partial charge on any atom is -0.397 e. The molecule has 4 nitrogen and oxygen atoms in total. The molecule has 0 fully saturated rings. The average molecular weight is 203 g/mol. The van der Waals surface area contributed by atoms with Crippen LogP contribution in [0, 0.1) is 13.8 Å². The lowest BCUT2D eigenvalue weighted by atomic mass is 10.2. The van der Waals surface area contributed by atoms with Crippen molar-refractivity contribution in [1.29, 1.82) is 0 Å². The molecule has 1 aromatic heterocycles. The number of nitrogens with zero attached hydrogens (tertiary/aromatic N) is 1. The number of nitrogen functional groups attached to an aromatic ring is 1. The van der Waals surface area contributed by atoms with Gasteiger partial charge >= 0.3 is 0 Å². The number of hydrogen-bond acceptors (Lipinski definition) is 2. The van der Waals surface area contributed by atoms with Gasteiger partial charge in [-0.25, -0.2) is 0 Å². The summed E-state index contributed by atoms with van der Waals surface area (Å²) in [6.45, 7) is 3.84. The van der Waals surface area contributed by atoms with Crippen molar-refractivity contribution in [1.82, 2.24) is 9.78 Å². The lowest BCUT2D eigenvalue weighted by Crippen LogP contribution is -2.06. The zero-order chi connectivity index (χ0) is 11.0. The molecular formula is C11H13N3O. The van der Waals surface area contributed by atoms with Crippen LogP contribution < -0.4 is 11.3 Å². The summed E-state index contributed by atoms with van der Waals surface area (Å²) in [5.41, 5.74) is 9.18. The third kappa shape index (κ3) is 1.66. The van der Waals surface area contributed by atoms with Crippen molar-refractivity contribution in [2.45, 2.75) is 13.8 Å². The summed E-state index contributed by atoms with van der Waals surface area (Å²) in [7, 11) is 0. The monoisotopic (exact) mass is 203 g/mol. The van der Waals surface area contributed by atoms with Gasteiger partial charge in [0.15, 0.2) is 0 Å². The highest BCUT2D eigenvalue weighted by molar-refractivity contribution is 5.59. The zero-order valence-corrected chi connectivity index (χ0v) is 8.74. The number of aromatic amines is 1. The van der Waals surface area contributed by atoms with Gasteiger partial charge in [-0.05, 0) is 31.5 Å². The minimum atomic E-state index is -0.118. The van der Waals surface area contributed by atoms with Gasteiger partial charge in [0.2, 0.25) is 0 Å². The molecule has 1 aromatic carbocycles. The smallest absolute Gasteiger partial charge is 0.264 e. The molecule has 15 heavy (non-hydrogen) atoms. The molecule has 0 bridgehead atoms. The second-order valence-electron chi connectivity index (χ2n) is 3.66. The largest absolute Gasteiger partial charge is 0.397 e. The van der Waals surface area contributed by atoms with Crippen molar-refractivity contribution in [3.8, 4) is 5.69 Å². The van der Waals surface area contributed by atoms with E-state index >= 15 is 0 Å². The van der Waals surface area contributed by atoms with Crippen LogP contribution in [-0.2, 0) is 0 Å². The Balaban J connectivity index is 2.64. The Kier molecular flexibility index (Phi) is 2.11. The molecule has 0 atom stereocenters. The highest BCUT2D eigenvalue weighted by Crippen LogP contribution is 2.18. The molecule has 78 valence electrons. The van der Waals surface area contributed by atoms with Gasteiger partial charge in [-0.15, -0.1) is 0 Å². The van der Waals surface area contributed by atoms with Gasteiger partial charge in [-0.2, -0.15) is 0 Å². The number of aryl methyl sites for hydroxylation is 2. The lowest BCUT2D eigenvalue weighted by molar-refractivity contribution is 0.836. The fraction of sp³-hybridized carbons (Fsp3) is 0.182. The van der Waals surface area contributed by atoms with E-state index in [2.05, 4.69) is 5.10 Å². The van der Waals surface area contributed by atoms with Crippen LogP contribution in [0.25, 0.3) is 5.69 Å². The first-order valence-electron chi connectivity index (χ1n) is 4.73. The van der Waals surface area contributed by atoms with Crippen molar-refractivity contribution in [3.63, 3.8) is 0 Å². The number of rotatable bonds is 1. The molecule has 0 saturated heterocycles. The molecule has 2 rings (SSSR count). The van der Waals surface area contributed by atoms with E-state index in [9.17, 15) is 4.79 Å². The van der Waals surface area contributed by atoms with E-state index in [4.69, 9.17) is 5.73 Å². The van der Waals surface area contributed by atoms with Crippen molar-refractivity contribution >= 4 is 5.69 Å². The third-order valence-electron chi connectivity index (χ3n) is 2.34. The van der Waals surface area contributed by atoms with Crippen LogP contribution >= 0.6 is 0 Å². The SMILES string of the molecule is Cc1ccc(-n2[nH]c(=O)cc2C)c(N)c1. The molecule has 0 unspecified atom stereocenters. The molecular weight excluding hydrogens is 190 g/mol. The summed E-state index contributed by atoms with van der Waals surface area (Å²) in [4.78, 5) is 11.1. The van der Waals surface area contributed by atoms with Crippen LogP contribution in [0.4, 0.5) is 5.69 Å². The van der Waals surface area contributed by atoms with Gasteiger partial charge < -0.3 is 5.73 Å². The van der Waals surface area contributed by atoms with Crippen LogP contribution in [0.15, 0.2) is 29.1 Å². The lowest BCUT2D eigenvalue weighted by Gasteiger charge is -2.09. The Morgan fingerprint density at radius 2 is 2.00 bits per heavy atom. The molecule has 0 aliphatic carbocycles. The Morgan fingerprint density at radius 3 is 2.53 bits per heavy atom. The van der Waals surface area contributed by atoms with Crippen molar-refractivity contribution in [2.24, 2.45) is 0 Å². The molecule has 0 aliphatic rings. The standard InChI is InChI=1S/C11H13N3O/c1-7-3-4-10(9(12)5-7)14-8(2)6-11(15)13-14/h3-6H,12H2,1-2H3,(H,13,15). The quantitative estimate of drug-likeness (QED) is 0.687. The van der Waals surface area contributed by atoms with Crippen molar-refractivity contribution in [2.75, 3.05) is 5.73 Å². The normalized spacial score (nSPS) is 10.5. The average Bonchev–Trinajstić information content (AvgIpc) is 2.45. The van der Waals surface area contributed by atoms with Crippen LogP contribution in [0.5, 0.6) is 0 Å². The van der Waals surface area contributed by atoms with Gasteiger partial charge in [0, 0.05) is 11.8 Å². The van der Waals surface area contributed by atoms with Gasteiger partial charge in [0.05, 0.1) is 11.4 Å². The third-order valence-corrected chi connectivity index (χ3v) is 2.34. The Labute approximate surface area is 87.3 Å². The second kappa shape index (κ2) is 3.31. The molecule has 4 heteroatoms. The van der Waals surface area contributed by atoms with E-state index in [-0.39, 0.29) is 5.56 Å². The first-order chi connectivity index (χ1) is 7.08. The first-order valence-corrected chi connectivity index (χ1v) is 4.73. The summed E-state index contributed by atoms with van der Waals surface area (Å²) >= 11 is 0. The fourth-order valence-corrected chi connectivity index (χ4v) is 1.61. The minimum absolute atomic E-state index is 0.118. The summed E-state index contributed by atoms with van der Waals surface area (Å²) in [6, 6.07) is 7.28. The van der Waals surface area contributed by atoms with Crippen molar-refractivity contribution in [3.05, 3.63) is 45.9 Å². The number of aromatic nitrogens is 2. The van der Waals surface area contributed by atoms with Gasteiger partial charge in [0.25, 0.3) is 5.56 Å². The van der Waals surface area contributed by atoms with Crippen LogP contribution in [0.2, 0.25) is 0 Å². The molecule has 0 amide bonds. The van der Waals surface area contributed by atoms with E-state index in [1.165, 1.54) is 0 Å². The number of H-pyrrole nitrogens is 1. The molecule has 0 radical (unpaired) electrons. The number of benzene rings is 1. The summed E-state index contributed by atoms with van der Waals surface area (Å²) in [5, 5.41) is 2.70. The van der Waals surface area contributed by atoms with Gasteiger partial charge in [-0.1, -0.05) is 6.07 Å². The molecule has 3 N–H and O–H groups in total. The first kappa shape index (κ1) is 9.58. The predicted octanol–water partition coefficient (Wildman–Crippen LogP) is 1.36. The summed E-state index contributed by atoms with van der Waals surface area (Å²) < 4.78 is 1.69. The van der Waals surface area contributed by atoms with E-state index < -0.39 is 0 Å². The highest BCUT2D eigenvalue weighted by atomic mass is 16.1. The molecule has 0 aliphatic heterocycles. The van der Waals surface area contributed by atoms with Gasteiger partial charge in [0.1, 0.15) is 0 Å². The maximum absolute atomic E-state index is 11.1. The summed E-state index contributed by atoms with van der Waals surface area (Å²) in [6.07, 6.45) is 0. The summed E-state index contributed by atoms with van der Waals surface area (Å²) in [5.74, 6) is 0. The zero-order valence-electron chi connectivity index (χ0n) is 8.74. The van der Waals surface area contributed by atoms with Gasteiger partial charge in [-0.3, -0.25) is 14.6 Å². The number of anilines is 1. The van der Waals surface area contributed by atoms with E-state index in [1.807, 2.05) is 32.0 Å². The van der Waals surface area contributed by atoms with Crippen molar-refractivity contribution < 1.29 is 0 Å². The van der Waals surface area contributed by atoms with Crippen LogP contribution in [0.3, 0.4) is 0 Å². The Bertz CT molecular complexity index is 551. The topological polar surface area (TPSA) is 63.8 Å². The molecule has 1 heterocycles. The van der Waals surface area contributed by atoms with Crippen LogP contribution in [0.1, 0.15) is 11.3 Å². The molecule has 0 spiro atoms. The number of nitrogens with two attached hydrogens (primary N) is 1. The molecule has 0 saturated carbocycles. The maximum Gasteiger partial charge on any atom is 0.264 e. The van der Waals surface area contributed by atoms with E-state index in [1.54, 1.807) is 10.7 Å². The fourth-order valence-electron chi connectivity index (χ4n) is 1.61. The Hall–Kier alpha value is -1.97. The Morgan fingerprint density at radius 1 is 1.27 bits per heavy atom. The second-order valence-corrected chi connectivity index (χ2v) is 3.66. The van der Waals surface area contributed by atoms with E-state index in [0.717, 1.165) is 16.9 Å². The number of nitrogens with one attached hydrogen (secondary N) is 1. The van der Waals surface area contributed by atoms with Crippen LogP contribution in [-0.4, -0.2) is 9.78 Å². The molecule has 2 aromatic rings. The highest BCUT2D eigenvalue weighted by Gasteiger charge is 2.05. The predicted molar refractivity (Wildman–Crippen MR) is 60.3 cm³/mol. The number of hydrogen-bond donors (Lipinski definition) is 2. The van der Waals surface area contributed by atoms with E-state index in [0.29, 0.717) is 5.69 Å². The maximum atomic E-state index is 11.1.